The zero-order chi connectivity index (χ0) is 26.9. The quantitative estimate of drug-likeness (QED) is 0.319. The third-order valence-electron chi connectivity index (χ3n) is 6.22. The number of carbonyl (C=O) groups is 1. The van der Waals surface area contributed by atoms with Crippen molar-refractivity contribution in [1.82, 2.24) is 24.4 Å². The second-order valence-corrected chi connectivity index (χ2v) is 8.89. The van der Waals surface area contributed by atoms with Gasteiger partial charge in [-0.15, -0.1) is 0 Å². The van der Waals surface area contributed by atoms with Gasteiger partial charge in [0, 0.05) is 36.1 Å². The molecule has 0 aliphatic carbocycles. The Labute approximate surface area is 216 Å². The molecular formula is C28H23F3N6O. The number of aryl methyl sites for hydroxylation is 1. The molecule has 38 heavy (non-hydrogen) atoms. The third kappa shape index (κ3) is 5.19. The summed E-state index contributed by atoms with van der Waals surface area (Å²) in [4.78, 5) is 27.9. The number of benzene rings is 2. The van der Waals surface area contributed by atoms with E-state index in [-0.39, 0.29) is 19.0 Å². The first-order valence-corrected chi connectivity index (χ1v) is 11.7. The smallest absolute Gasteiger partial charge is 0.383 e. The summed E-state index contributed by atoms with van der Waals surface area (Å²) in [5.74, 6) is 0.117. The molecular weight excluding hydrogens is 493 g/mol. The van der Waals surface area contributed by atoms with E-state index >= 15 is 0 Å². The average Bonchev–Trinajstić information content (AvgIpc) is 3.43. The lowest BCUT2D eigenvalue weighted by molar-refractivity contribution is -0.137. The van der Waals surface area contributed by atoms with Crippen molar-refractivity contribution in [3.63, 3.8) is 0 Å². The summed E-state index contributed by atoms with van der Waals surface area (Å²) in [6, 6.07) is 16.8. The molecule has 0 unspecified atom stereocenters. The van der Waals surface area contributed by atoms with E-state index in [2.05, 4.69) is 15.0 Å². The molecule has 1 amide bonds. The van der Waals surface area contributed by atoms with Crippen LogP contribution in [0.4, 0.5) is 19.0 Å². The summed E-state index contributed by atoms with van der Waals surface area (Å²) in [5, 5.41) is 0.758. The van der Waals surface area contributed by atoms with Crippen LogP contribution in [-0.2, 0) is 19.3 Å². The molecule has 5 aromatic rings. The van der Waals surface area contributed by atoms with Gasteiger partial charge in [0.15, 0.2) is 0 Å². The van der Waals surface area contributed by atoms with E-state index in [0.717, 1.165) is 34.5 Å². The fraction of sp³-hybridized carbons (Fsp3) is 0.143. The number of halogens is 3. The first-order valence-electron chi connectivity index (χ1n) is 11.7. The van der Waals surface area contributed by atoms with Crippen LogP contribution in [0.25, 0.3) is 16.6 Å². The molecule has 0 bridgehead atoms. The van der Waals surface area contributed by atoms with E-state index in [1.807, 2.05) is 41.8 Å². The van der Waals surface area contributed by atoms with Crippen molar-refractivity contribution in [3.05, 3.63) is 114 Å². The molecule has 0 radical (unpaired) electrons. The average molecular weight is 517 g/mol. The van der Waals surface area contributed by atoms with Gasteiger partial charge in [0.2, 0.25) is 0 Å². The SMILES string of the molecule is Cc1cc2cc(C(=O)N(Cc3ccc(C(F)(F)F)cn3)Cc3ccccc3-n3ccnc3)ccc2nc1N. The van der Waals surface area contributed by atoms with E-state index in [0.29, 0.717) is 22.6 Å². The monoisotopic (exact) mass is 516 g/mol. The summed E-state index contributed by atoms with van der Waals surface area (Å²) < 4.78 is 41.0. The molecule has 3 aromatic heterocycles. The molecule has 0 fully saturated rings. The van der Waals surface area contributed by atoms with Gasteiger partial charge in [0.25, 0.3) is 5.91 Å². The predicted molar refractivity (Wildman–Crippen MR) is 137 cm³/mol. The van der Waals surface area contributed by atoms with Crippen molar-refractivity contribution >= 4 is 22.6 Å². The number of aromatic nitrogens is 4. The van der Waals surface area contributed by atoms with Gasteiger partial charge in [0.05, 0.1) is 35.3 Å². The summed E-state index contributed by atoms with van der Waals surface area (Å²) >= 11 is 0. The second-order valence-electron chi connectivity index (χ2n) is 8.89. The number of rotatable bonds is 6. The third-order valence-corrected chi connectivity index (χ3v) is 6.22. The van der Waals surface area contributed by atoms with E-state index in [1.54, 1.807) is 41.8 Å². The number of alkyl halides is 3. The van der Waals surface area contributed by atoms with Crippen LogP contribution in [0.15, 0.2) is 85.6 Å². The Balaban J connectivity index is 1.52. The fourth-order valence-electron chi connectivity index (χ4n) is 4.20. The largest absolute Gasteiger partial charge is 0.417 e. The van der Waals surface area contributed by atoms with Crippen LogP contribution in [0.3, 0.4) is 0 Å². The summed E-state index contributed by atoms with van der Waals surface area (Å²) in [6.45, 7) is 2.03. The Kier molecular flexibility index (Phi) is 6.54. The number of hydrogen-bond donors (Lipinski definition) is 1. The molecule has 0 aliphatic rings. The zero-order valence-electron chi connectivity index (χ0n) is 20.4. The van der Waals surface area contributed by atoms with Crippen molar-refractivity contribution in [1.29, 1.82) is 0 Å². The maximum atomic E-state index is 13.8. The summed E-state index contributed by atoms with van der Waals surface area (Å²) in [7, 11) is 0. The highest BCUT2D eigenvalue weighted by molar-refractivity contribution is 5.98. The normalized spacial score (nSPS) is 11.6. The lowest BCUT2D eigenvalue weighted by Gasteiger charge is -2.24. The Morgan fingerprint density at radius 2 is 1.87 bits per heavy atom. The highest BCUT2D eigenvalue weighted by atomic mass is 19.4. The first-order chi connectivity index (χ1) is 18.2. The van der Waals surface area contributed by atoms with E-state index in [1.165, 1.54) is 6.07 Å². The fourth-order valence-corrected chi connectivity index (χ4v) is 4.20. The molecule has 7 nitrogen and oxygen atoms in total. The number of pyridine rings is 2. The number of imidazole rings is 1. The van der Waals surface area contributed by atoms with Crippen LogP contribution in [0.2, 0.25) is 0 Å². The Morgan fingerprint density at radius 1 is 1.05 bits per heavy atom. The number of carbonyl (C=O) groups excluding carboxylic acids is 1. The van der Waals surface area contributed by atoms with Crippen LogP contribution in [0, 0.1) is 6.92 Å². The lowest BCUT2D eigenvalue weighted by atomic mass is 10.1. The minimum atomic E-state index is -4.49. The van der Waals surface area contributed by atoms with Crippen LogP contribution >= 0.6 is 0 Å². The van der Waals surface area contributed by atoms with Crippen molar-refractivity contribution in [2.45, 2.75) is 26.2 Å². The van der Waals surface area contributed by atoms with Gasteiger partial charge in [-0.3, -0.25) is 9.78 Å². The number of anilines is 1. The van der Waals surface area contributed by atoms with Gasteiger partial charge in [-0.2, -0.15) is 13.2 Å². The zero-order valence-corrected chi connectivity index (χ0v) is 20.4. The number of para-hydroxylation sites is 1. The second kappa shape index (κ2) is 9.97. The maximum Gasteiger partial charge on any atom is 0.417 e. The molecule has 192 valence electrons. The van der Waals surface area contributed by atoms with Gasteiger partial charge in [-0.25, -0.2) is 9.97 Å². The Hall–Kier alpha value is -4.73. The van der Waals surface area contributed by atoms with Crippen LogP contribution in [0.5, 0.6) is 0 Å². The maximum absolute atomic E-state index is 13.8. The number of nitrogens with two attached hydrogens (primary N) is 1. The van der Waals surface area contributed by atoms with Crippen LogP contribution in [-0.4, -0.2) is 30.3 Å². The van der Waals surface area contributed by atoms with Crippen molar-refractivity contribution < 1.29 is 18.0 Å². The minimum Gasteiger partial charge on any atom is -0.383 e. The van der Waals surface area contributed by atoms with Crippen LogP contribution < -0.4 is 5.73 Å². The lowest BCUT2D eigenvalue weighted by Crippen LogP contribution is -2.31. The van der Waals surface area contributed by atoms with Gasteiger partial charge in [-0.1, -0.05) is 18.2 Å². The van der Waals surface area contributed by atoms with Gasteiger partial charge in [-0.05, 0) is 60.5 Å². The molecule has 0 saturated heterocycles. The van der Waals surface area contributed by atoms with E-state index in [4.69, 9.17) is 5.73 Å². The molecule has 0 atom stereocenters. The number of nitrogens with zero attached hydrogens (tertiary/aromatic N) is 5. The van der Waals surface area contributed by atoms with E-state index in [9.17, 15) is 18.0 Å². The van der Waals surface area contributed by atoms with Crippen molar-refractivity contribution in [3.8, 4) is 5.69 Å². The number of nitrogen functional groups attached to an aromatic ring is 1. The van der Waals surface area contributed by atoms with Crippen molar-refractivity contribution in [2.24, 2.45) is 0 Å². The molecule has 2 aromatic carbocycles. The highest BCUT2D eigenvalue weighted by Gasteiger charge is 2.31. The molecule has 10 heteroatoms. The highest BCUT2D eigenvalue weighted by Crippen LogP contribution is 2.29. The molecule has 2 N–H and O–H groups in total. The standard InChI is InChI=1S/C28H23F3N6O/c1-18-12-21-13-19(6-9-24(21)35-26(18)32)27(38)37(16-23-8-7-22(14-34-23)28(29,30)31)15-20-4-2-3-5-25(20)36-11-10-33-17-36/h2-14,17H,15-16H2,1H3,(H2,32,35). The molecule has 0 aliphatic heterocycles. The first kappa shape index (κ1) is 24.9. The number of fused-ring (bicyclic) bond motifs is 1. The predicted octanol–water partition coefficient (Wildman–Crippen LogP) is 5.57. The molecule has 0 saturated carbocycles. The Bertz CT molecular complexity index is 1600. The summed E-state index contributed by atoms with van der Waals surface area (Å²) in [5.41, 5.74) is 8.94. The molecule has 3 heterocycles. The topological polar surface area (TPSA) is 89.9 Å². The molecule has 0 spiro atoms. The number of amides is 1. The molecule has 5 rings (SSSR count). The Morgan fingerprint density at radius 3 is 2.58 bits per heavy atom. The van der Waals surface area contributed by atoms with Gasteiger partial charge < -0.3 is 15.2 Å². The number of hydrogen-bond acceptors (Lipinski definition) is 5. The van der Waals surface area contributed by atoms with Gasteiger partial charge >= 0.3 is 6.18 Å². The van der Waals surface area contributed by atoms with Gasteiger partial charge in [0.1, 0.15) is 5.82 Å². The minimum absolute atomic E-state index is 0.00624. The van der Waals surface area contributed by atoms with Crippen LogP contribution in [0.1, 0.15) is 32.7 Å². The van der Waals surface area contributed by atoms with E-state index < -0.39 is 11.7 Å². The van der Waals surface area contributed by atoms with Crippen molar-refractivity contribution in [2.75, 3.05) is 5.73 Å². The summed E-state index contributed by atoms with van der Waals surface area (Å²) in [6.07, 6.45) is 1.40.